The number of rotatable bonds is 2. The van der Waals surface area contributed by atoms with Gasteiger partial charge in [-0.25, -0.2) is 9.79 Å². The van der Waals surface area contributed by atoms with Crippen LogP contribution in [0, 0.1) is 0 Å². The highest BCUT2D eigenvalue weighted by atomic mass is 16.6. The van der Waals surface area contributed by atoms with Crippen LogP contribution in [-0.2, 0) is 9.53 Å². The summed E-state index contributed by atoms with van der Waals surface area (Å²) in [6.45, 7) is 0. The van der Waals surface area contributed by atoms with Crippen LogP contribution in [0.15, 0.2) is 59.2 Å². The molecule has 0 radical (unpaired) electrons. The maximum Gasteiger partial charge on any atom is 0.363 e. The van der Waals surface area contributed by atoms with Crippen LogP contribution in [0.2, 0.25) is 0 Å². The van der Waals surface area contributed by atoms with Crippen LogP contribution < -0.4 is 0 Å². The van der Waals surface area contributed by atoms with Gasteiger partial charge in [0.05, 0.1) is 0 Å². The molecule has 1 aliphatic heterocycles. The predicted molar refractivity (Wildman–Crippen MR) is 76.8 cm³/mol. The molecule has 5 heteroatoms. The lowest BCUT2D eigenvalue weighted by Crippen LogP contribution is -2.04. The summed E-state index contributed by atoms with van der Waals surface area (Å²) in [6, 6.07) is 13.1. The molecule has 104 valence electrons. The summed E-state index contributed by atoms with van der Waals surface area (Å²) in [5, 5.41) is 19.0. The number of hydrogen-bond donors (Lipinski definition) is 2. The average molecular weight is 281 g/mol. The van der Waals surface area contributed by atoms with Gasteiger partial charge in [-0.3, -0.25) is 0 Å². The van der Waals surface area contributed by atoms with Crippen LogP contribution >= 0.6 is 0 Å². The van der Waals surface area contributed by atoms with E-state index in [0.29, 0.717) is 11.1 Å². The number of aliphatic imine (C=N–C) groups is 1. The Morgan fingerprint density at radius 3 is 2.52 bits per heavy atom. The van der Waals surface area contributed by atoms with Crippen molar-refractivity contribution in [3.05, 3.63) is 65.4 Å². The second-order valence-electron chi connectivity index (χ2n) is 4.45. The van der Waals surface area contributed by atoms with E-state index < -0.39 is 5.97 Å². The van der Waals surface area contributed by atoms with Gasteiger partial charge >= 0.3 is 5.97 Å². The molecule has 0 saturated heterocycles. The number of hydrogen-bond acceptors (Lipinski definition) is 5. The maximum absolute atomic E-state index is 11.8. The molecule has 0 amide bonds. The number of cyclic esters (lactones) is 1. The highest BCUT2D eigenvalue weighted by Gasteiger charge is 2.24. The fourth-order valence-corrected chi connectivity index (χ4v) is 1.91. The van der Waals surface area contributed by atoms with E-state index in [9.17, 15) is 15.0 Å². The molecule has 1 aliphatic rings. The third kappa shape index (κ3) is 2.62. The van der Waals surface area contributed by atoms with Crippen LogP contribution in [0.4, 0.5) is 0 Å². The highest BCUT2D eigenvalue weighted by molar-refractivity contribution is 6.12. The van der Waals surface area contributed by atoms with E-state index in [0.717, 1.165) is 0 Å². The molecule has 2 N–H and O–H groups in total. The Labute approximate surface area is 120 Å². The van der Waals surface area contributed by atoms with E-state index in [1.54, 1.807) is 12.1 Å². The summed E-state index contributed by atoms with van der Waals surface area (Å²) in [4.78, 5) is 15.9. The van der Waals surface area contributed by atoms with Crippen molar-refractivity contribution in [2.75, 3.05) is 0 Å². The molecule has 21 heavy (non-hydrogen) atoms. The molecule has 0 aromatic heterocycles. The van der Waals surface area contributed by atoms with Gasteiger partial charge in [-0.2, -0.15) is 0 Å². The van der Waals surface area contributed by atoms with Gasteiger partial charge in [-0.15, -0.1) is 0 Å². The molecule has 0 unspecified atom stereocenters. The van der Waals surface area contributed by atoms with Crippen molar-refractivity contribution < 1.29 is 19.7 Å². The third-order valence-electron chi connectivity index (χ3n) is 2.95. The third-order valence-corrected chi connectivity index (χ3v) is 2.95. The van der Waals surface area contributed by atoms with Crippen LogP contribution in [0.3, 0.4) is 0 Å². The second kappa shape index (κ2) is 5.13. The van der Waals surface area contributed by atoms with Gasteiger partial charge in [-0.1, -0.05) is 18.2 Å². The molecule has 3 rings (SSSR count). The Bertz CT molecular complexity index is 763. The number of phenols is 2. The molecule has 0 fully saturated rings. The molecule has 0 saturated carbocycles. The Kier molecular flexibility index (Phi) is 3.16. The summed E-state index contributed by atoms with van der Waals surface area (Å²) in [5.41, 5.74) is 1.16. The van der Waals surface area contributed by atoms with Crippen molar-refractivity contribution in [3.8, 4) is 11.5 Å². The van der Waals surface area contributed by atoms with E-state index in [-0.39, 0.29) is 23.1 Å². The summed E-state index contributed by atoms with van der Waals surface area (Å²) < 4.78 is 5.11. The van der Waals surface area contributed by atoms with E-state index in [2.05, 4.69) is 4.99 Å². The van der Waals surface area contributed by atoms with Crippen molar-refractivity contribution in [3.63, 3.8) is 0 Å². The first kappa shape index (κ1) is 12.9. The van der Waals surface area contributed by atoms with Gasteiger partial charge in [0.15, 0.2) is 5.70 Å². The van der Waals surface area contributed by atoms with Gasteiger partial charge in [0.2, 0.25) is 5.90 Å². The minimum absolute atomic E-state index is 0.0582. The molecular weight excluding hydrogens is 270 g/mol. The van der Waals surface area contributed by atoms with Crippen molar-refractivity contribution >= 4 is 17.9 Å². The molecular formula is C16H11NO4. The Balaban J connectivity index is 1.97. The van der Waals surface area contributed by atoms with Crippen molar-refractivity contribution in [1.29, 1.82) is 0 Å². The van der Waals surface area contributed by atoms with E-state index in [1.165, 1.54) is 24.3 Å². The minimum Gasteiger partial charge on any atom is -0.508 e. The molecule has 0 spiro atoms. The van der Waals surface area contributed by atoms with Gasteiger partial charge in [0.25, 0.3) is 0 Å². The quantitative estimate of drug-likeness (QED) is 0.654. The molecule has 0 bridgehead atoms. The Morgan fingerprint density at radius 1 is 1.05 bits per heavy atom. The van der Waals surface area contributed by atoms with Crippen molar-refractivity contribution in [2.45, 2.75) is 0 Å². The first-order valence-electron chi connectivity index (χ1n) is 6.23. The second-order valence-corrected chi connectivity index (χ2v) is 4.45. The zero-order valence-electron chi connectivity index (χ0n) is 10.9. The predicted octanol–water partition coefficient (Wildman–Crippen LogP) is 2.44. The SMILES string of the molecule is O=C1OC(c2ccccc2)=N/C1=C/c1ccc(O)cc1O. The number of aromatic hydroxyl groups is 2. The number of nitrogens with zero attached hydrogens (tertiary/aromatic N) is 1. The van der Waals surface area contributed by atoms with E-state index in [1.807, 2.05) is 18.2 Å². The minimum atomic E-state index is -0.582. The van der Waals surface area contributed by atoms with Crippen molar-refractivity contribution in [2.24, 2.45) is 4.99 Å². The monoisotopic (exact) mass is 281 g/mol. The number of carbonyl (C=O) groups is 1. The number of esters is 1. The molecule has 0 atom stereocenters. The van der Waals surface area contributed by atoms with E-state index in [4.69, 9.17) is 4.74 Å². The fourth-order valence-electron chi connectivity index (χ4n) is 1.91. The van der Waals surface area contributed by atoms with Crippen LogP contribution in [0.25, 0.3) is 6.08 Å². The standard InChI is InChI=1S/C16H11NO4/c18-12-7-6-11(14(19)9-12)8-13-16(20)21-15(17-13)10-4-2-1-3-5-10/h1-9,18-19H/b13-8+. The average Bonchev–Trinajstić information content (AvgIpc) is 2.84. The van der Waals surface area contributed by atoms with Crippen molar-refractivity contribution in [1.82, 2.24) is 0 Å². The van der Waals surface area contributed by atoms with Gasteiger partial charge in [0, 0.05) is 17.2 Å². The largest absolute Gasteiger partial charge is 0.508 e. The smallest absolute Gasteiger partial charge is 0.363 e. The highest BCUT2D eigenvalue weighted by Crippen LogP contribution is 2.26. The molecule has 2 aromatic carbocycles. The zero-order valence-corrected chi connectivity index (χ0v) is 10.9. The maximum atomic E-state index is 11.8. The molecule has 5 nitrogen and oxygen atoms in total. The summed E-state index contributed by atoms with van der Waals surface area (Å²) >= 11 is 0. The number of benzene rings is 2. The van der Waals surface area contributed by atoms with Crippen LogP contribution in [0.1, 0.15) is 11.1 Å². The summed E-state index contributed by atoms with van der Waals surface area (Å²) in [7, 11) is 0. The first-order valence-corrected chi connectivity index (χ1v) is 6.23. The topological polar surface area (TPSA) is 79.1 Å². The Morgan fingerprint density at radius 2 is 1.81 bits per heavy atom. The van der Waals surface area contributed by atoms with Crippen LogP contribution in [0.5, 0.6) is 11.5 Å². The lowest BCUT2D eigenvalue weighted by molar-refractivity contribution is -0.129. The molecule has 0 aliphatic carbocycles. The number of phenolic OH excluding ortho intramolecular Hbond substituents is 2. The lowest BCUT2D eigenvalue weighted by Gasteiger charge is -1.99. The number of carbonyl (C=O) groups excluding carboxylic acids is 1. The summed E-state index contributed by atoms with van der Waals surface area (Å²) in [5.74, 6) is -0.553. The van der Waals surface area contributed by atoms with Gasteiger partial charge in [0.1, 0.15) is 11.5 Å². The molecule has 2 aromatic rings. The first-order chi connectivity index (χ1) is 10.1. The molecule has 1 heterocycles. The van der Waals surface area contributed by atoms with Gasteiger partial charge in [-0.05, 0) is 30.3 Å². The fraction of sp³-hybridized carbons (Fsp3) is 0. The van der Waals surface area contributed by atoms with E-state index >= 15 is 0 Å². The number of ether oxygens (including phenoxy) is 1. The zero-order chi connectivity index (χ0) is 14.8. The normalized spacial score (nSPS) is 15.9. The lowest BCUT2D eigenvalue weighted by atomic mass is 10.1. The Hall–Kier alpha value is -3.08. The van der Waals surface area contributed by atoms with Gasteiger partial charge < -0.3 is 14.9 Å². The van der Waals surface area contributed by atoms with Crippen LogP contribution in [-0.4, -0.2) is 22.1 Å². The summed E-state index contributed by atoms with van der Waals surface area (Å²) in [6.07, 6.45) is 1.41.